The summed E-state index contributed by atoms with van der Waals surface area (Å²) in [5.74, 6) is -0.479. The first-order chi connectivity index (χ1) is 8.03. The molecular formula is C14H18FNO. The van der Waals surface area contributed by atoms with Crippen LogP contribution < -0.4 is 5.73 Å². The van der Waals surface area contributed by atoms with E-state index in [0.29, 0.717) is 18.4 Å². The molecule has 0 atom stereocenters. The maximum atomic E-state index is 13.2. The van der Waals surface area contributed by atoms with Crippen molar-refractivity contribution in [2.24, 2.45) is 5.73 Å². The second-order valence-corrected chi connectivity index (χ2v) is 5.01. The Morgan fingerprint density at radius 3 is 2.59 bits per heavy atom. The molecule has 0 bridgehead atoms. The van der Waals surface area contributed by atoms with E-state index in [-0.39, 0.29) is 11.6 Å². The molecule has 92 valence electrons. The predicted molar refractivity (Wildman–Crippen MR) is 65.5 cm³/mol. The summed E-state index contributed by atoms with van der Waals surface area (Å²) >= 11 is 0. The first-order valence-electron chi connectivity index (χ1n) is 6.13. The van der Waals surface area contributed by atoms with Crippen molar-refractivity contribution >= 4 is 5.78 Å². The highest BCUT2D eigenvalue weighted by atomic mass is 19.1. The molecule has 0 radical (unpaired) electrons. The standard InChI is InChI=1S/C14H18FNO/c1-10-5-6-11(15)9-12(10)13(17)14(16)7-3-2-4-8-14/h5-6,9H,2-4,7-8,16H2,1H3. The maximum absolute atomic E-state index is 13.2. The molecular weight excluding hydrogens is 217 g/mol. The van der Waals surface area contributed by atoms with Crippen molar-refractivity contribution in [2.45, 2.75) is 44.6 Å². The van der Waals surface area contributed by atoms with Crippen molar-refractivity contribution in [3.8, 4) is 0 Å². The molecule has 0 amide bonds. The molecule has 17 heavy (non-hydrogen) atoms. The van der Waals surface area contributed by atoms with Gasteiger partial charge in [0.1, 0.15) is 5.82 Å². The lowest BCUT2D eigenvalue weighted by molar-refractivity contribution is 0.0847. The number of Topliss-reactive ketones (excluding diaryl/α,β-unsaturated/α-hetero) is 1. The van der Waals surface area contributed by atoms with E-state index < -0.39 is 5.54 Å². The summed E-state index contributed by atoms with van der Waals surface area (Å²) in [7, 11) is 0. The zero-order valence-corrected chi connectivity index (χ0v) is 10.1. The van der Waals surface area contributed by atoms with E-state index in [1.807, 2.05) is 6.92 Å². The monoisotopic (exact) mass is 235 g/mol. The second kappa shape index (κ2) is 4.57. The number of ketones is 1. The summed E-state index contributed by atoms with van der Waals surface area (Å²) in [4.78, 5) is 12.4. The molecule has 0 aliphatic heterocycles. The zero-order chi connectivity index (χ0) is 12.5. The van der Waals surface area contributed by atoms with Crippen LogP contribution in [0.1, 0.15) is 48.0 Å². The number of benzene rings is 1. The van der Waals surface area contributed by atoms with Crippen LogP contribution in [-0.4, -0.2) is 11.3 Å². The number of rotatable bonds is 2. The number of carbonyl (C=O) groups is 1. The summed E-state index contributed by atoms with van der Waals surface area (Å²) in [5, 5.41) is 0. The number of hydrogen-bond donors (Lipinski definition) is 1. The number of nitrogens with two attached hydrogens (primary N) is 1. The molecule has 1 aliphatic carbocycles. The van der Waals surface area contributed by atoms with Gasteiger partial charge < -0.3 is 5.73 Å². The number of hydrogen-bond acceptors (Lipinski definition) is 2. The van der Waals surface area contributed by atoms with Crippen LogP contribution in [0.15, 0.2) is 18.2 Å². The lowest BCUT2D eigenvalue weighted by atomic mass is 9.77. The van der Waals surface area contributed by atoms with Gasteiger partial charge in [0.25, 0.3) is 0 Å². The van der Waals surface area contributed by atoms with Gasteiger partial charge in [-0.25, -0.2) is 4.39 Å². The van der Waals surface area contributed by atoms with Gasteiger partial charge in [-0.05, 0) is 37.5 Å². The summed E-state index contributed by atoms with van der Waals surface area (Å²) in [6.45, 7) is 1.82. The number of halogens is 1. The van der Waals surface area contributed by atoms with Crippen molar-refractivity contribution in [1.29, 1.82) is 0 Å². The Balaban J connectivity index is 2.32. The molecule has 0 saturated heterocycles. The largest absolute Gasteiger partial charge is 0.319 e. The van der Waals surface area contributed by atoms with Gasteiger partial charge in [-0.1, -0.05) is 25.3 Å². The van der Waals surface area contributed by atoms with Crippen LogP contribution in [0.5, 0.6) is 0 Å². The van der Waals surface area contributed by atoms with Gasteiger partial charge in [0.05, 0.1) is 5.54 Å². The second-order valence-electron chi connectivity index (χ2n) is 5.01. The van der Waals surface area contributed by atoms with E-state index in [2.05, 4.69) is 0 Å². The van der Waals surface area contributed by atoms with Gasteiger partial charge in [0, 0.05) is 5.56 Å². The third-order valence-corrected chi connectivity index (χ3v) is 3.64. The molecule has 2 N–H and O–H groups in total. The van der Waals surface area contributed by atoms with E-state index in [9.17, 15) is 9.18 Å². The van der Waals surface area contributed by atoms with Crippen LogP contribution in [0.25, 0.3) is 0 Å². The molecule has 1 fully saturated rings. The molecule has 0 heterocycles. The topological polar surface area (TPSA) is 43.1 Å². The Morgan fingerprint density at radius 2 is 1.94 bits per heavy atom. The van der Waals surface area contributed by atoms with Crippen LogP contribution >= 0.6 is 0 Å². The lowest BCUT2D eigenvalue weighted by Crippen LogP contribution is -2.49. The fourth-order valence-electron chi connectivity index (χ4n) is 2.52. The summed E-state index contributed by atoms with van der Waals surface area (Å²) in [6, 6.07) is 4.31. The van der Waals surface area contributed by atoms with Crippen molar-refractivity contribution < 1.29 is 9.18 Å². The smallest absolute Gasteiger partial charge is 0.182 e. The Labute approximate surface area is 101 Å². The molecule has 0 unspecified atom stereocenters. The third kappa shape index (κ3) is 2.39. The van der Waals surface area contributed by atoms with E-state index in [1.165, 1.54) is 12.1 Å². The summed E-state index contributed by atoms with van der Waals surface area (Å²) in [6.07, 6.45) is 4.52. The Bertz CT molecular complexity index is 436. The van der Waals surface area contributed by atoms with Gasteiger partial charge in [-0.15, -0.1) is 0 Å². The van der Waals surface area contributed by atoms with Crippen molar-refractivity contribution in [3.63, 3.8) is 0 Å². The van der Waals surface area contributed by atoms with Gasteiger partial charge in [-0.3, -0.25) is 4.79 Å². The third-order valence-electron chi connectivity index (χ3n) is 3.64. The first-order valence-corrected chi connectivity index (χ1v) is 6.13. The van der Waals surface area contributed by atoms with Gasteiger partial charge in [0.15, 0.2) is 5.78 Å². The molecule has 2 nitrogen and oxygen atoms in total. The Morgan fingerprint density at radius 1 is 1.29 bits per heavy atom. The van der Waals surface area contributed by atoms with Gasteiger partial charge in [0.2, 0.25) is 0 Å². The van der Waals surface area contributed by atoms with Crippen LogP contribution in [0.4, 0.5) is 4.39 Å². The van der Waals surface area contributed by atoms with Crippen LogP contribution in [0.3, 0.4) is 0 Å². The Hall–Kier alpha value is -1.22. The fourth-order valence-corrected chi connectivity index (χ4v) is 2.52. The minimum Gasteiger partial charge on any atom is -0.319 e. The number of carbonyl (C=O) groups excluding carboxylic acids is 1. The zero-order valence-electron chi connectivity index (χ0n) is 10.1. The van der Waals surface area contributed by atoms with Crippen molar-refractivity contribution in [3.05, 3.63) is 35.1 Å². The molecule has 2 rings (SSSR count). The van der Waals surface area contributed by atoms with Crippen LogP contribution in [-0.2, 0) is 0 Å². The highest BCUT2D eigenvalue weighted by Crippen LogP contribution is 2.30. The first kappa shape index (κ1) is 12.2. The molecule has 0 spiro atoms. The Kier molecular flexibility index (Phi) is 3.29. The SMILES string of the molecule is Cc1ccc(F)cc1C(=O)C1(N)CCCCC1. The molecule has 3 heteroatoms. The average Bonchev–Trinajstić information content (AvgIpc) is 2.32. The van der Waals surface area contributed by atoms with E-state index in [4.69, 9.17) is 5.73 Å². The molecule has 1 aromatic rings. The normalized spacial score (nSPS) is 19.0. The lowest BCUT2D eigenvalue weighted by Gasteiger charge is -2.32. The average molecular weight is 235 g/mol. The highest BCUT2D eigenvalue weighted by molar-refractivity contribution is 6.04. The summed E-state index contributed by atoms with van der Waals surface area (Å²) < 4.78 is 13.2. The van der Waals surface area contributed by atoms with Crippen LogP contribution in [0.2, 0.25) is 0 Å². The molecule has 0 aromatic heterocycles. The van der Waals surface area contributed by atoms with E-state index in [1.54, 1.807) is 6.07 Å². The van der Waals surface area contributed by atoms with Crippen LogP contribution in [0, 0.1) is 12.7 Å². The van der Waals surface area contributed by atoms with Gasteiger partial charge >= 0.3 is 0 Å². The van der Waals surface area contributed by atoms with Gasteiger partial charge in [-0.2, -0.15) is 0 Å². The molecule has 1 aliphatic rings. The fraction of sp³-hybridized carbons (Fsp3) is 0.500. The quantitative estimate of drug-likeness (QED) is 0.801. The maximum Gasteiger partial charge on any atom is 0.182 e. The predicted octanol–water partition coefficient (Wildman–Crippen LogP) is 2.98. The van der Waals surface area contributed by atoms with Crippen molar-refractivity contribution in [2.75, 3.05) is 0 Å². The number of aryl methyl sites for hydroxylation is 1. The van der Waals surface area contributed by atoms with E-state index >= 15 is 0 Å². The highest BCUT2D eigenvalue weighted by Gasteiger charge is 2.36. The van der Waals surface area contributed by atoms with E-state index in [0.717, 1.165) is 24.8 Å². The summed E-state index contributed by atoms with van der Waals surface area (Å²) in [5.41, 5.74) is 6.64. The molecule has 1 saturated carbocycles. The molecule has 1 aromatic carbocycles. The minimum atomic E-state index is -0.781. The van der Waals surface area contributed by atoms with Crippen molar-refractivity contribution in [1.82, 2.24) is 0 Å². The minimum absolute atomic E-state index is 0.103.